The van der Waals surface area contributed by atoms with Crippen LogP contribution in [0, 0.1) is 5.41 Å². The third-order valence-corrected chi connectivity index (χ3v) is 2.64. The SMILES string of the molecule is CCNC(=O)C(C)NC(=O)CC(N)C(C)(C)C. The van der Waals surface area contributed by atoms with Gasteiger partial charge in [-0.3, -0.25) is 9.59 Å². The molecule has 0 aliphatic heterocycles. The predicted octanol–water partition coefficient (Wildman–Crippen LogP) is 0.391. The number of nitrogens with two attached hydrogens (primary N) is 1. The Morgan fingerprint density at radius 2 is 1.82 bits per heavy atom. The highest BCUT2D eigenvalue weighted by Crippen LogP contribution is 2.19. The molecule has 0 aromatic heterocycles. The molecule has 0 saturated heterocycles. The van der Waals surface area contributed by atoms with Gasteiger partial charge in [0.25, 0.3) is 0 Å². The Labute approximate surface area is 104 Å². The summed E-state index contributed by atoms with van der Waals surface area (Å²) in [6, 6.07) is -0.737. The molecule has 2 atom stereocenters. The lowest BCUT2D eigenvalue weighted by molar-refractivity contribution is -0.128. The van der Waals surface area contributed by atoms with Gasteiger partial charge in [0, 0.05) is 19.0 Å². The fourth-order valence-corrected chi connectivity index (χ4v) is 1.20. The lowest BCUT2D eigenvalue weighted by Gasteiger charge is -2.26. The van der Waals surface area contributed by atoms with Gasteiger partial charge in [0.1, 0.15) is 6.04 Å². The van der Waals surface area contributed by atoms with Crippen LogP contribution in [-0.4, -0.2) is 30.4 Å². The minimum absolute atomic E-state index is 0.119. The van der Waals surface area contributed by atoms with E-state index < -0.39 is 6.04 Å². The second-order valence-corrected chi connectivity index (χ2v) is 5.36. The van der Waals surface area contributed by atoms with Crippen molar-refractivity contribution in [3.63, 3.8) is 0 Å². The normalized spacial score (nSPS) is 14.9. The number of amides is 2. The Morgan fingerprint density at radius 1 is 1.29 bits per heavy atom. The minimum Gasteiger partial charge on any atom is -0.355 e. The van der Waals surface area contributed by atoms with Crippen molar-refractivity contribution in [1.82, 2.24) is 10.6 Å². The zero-order chi connectivity index (χ0) is 13.6. The Balaban J connectivity index is 4.15. The first-order valence-electron chi connectivity index (χ1n) is 6.01. The fraction of sp³-hybridized carbons (Fsp3) is 0.833. The molecular formula is C12H25N3O2. The third kappa shape index (κ3) is 6.26. The quantitative estimate of drug-likeness (QED) is 0.653. The summed E-state index contributed by atoms with van der Waals surface area (Å²) < 4.78 is 0. The van der Waals surface area contributed by atoms with E-state index >= 15 is 0 Å². The zero-order valence-electron chi connectivity index (χ0n) is 11.5. The summed E-state index contributed by atoms with van der Waals surface area (Å²) in [5.41, 5.74) is 5.78. The van der Waals surface area contributed by atoms with E-state index in [0.29, 0.717) is 6.54 Å². The molecule has 2 unspecified atom stereocenters. The molecule has 0 aliphatic carbocycles. The summed E-state index contributed by atoms with van der Waals surface area (Å²) in [6.45, 7) is 10.0. The molecule has 0 fully saturated rings. The van der Waals surface area contributed by atoms with Crippen LogP contribution in [-0.2, 0) is 9.59 Å². The predicted molar refractivity (Wildman–Crippen MR) is 68.3 cm³/mol. The maximum absolute atomic E-state index is 11.6. The van der Waals surface area contributed by atoms with E-state index in [1.807, 2.05) is 27.7 Å². The number of nitrogens with one attached hydrogen (secondary N) is 2. The maximum atomic E-state index is 11.6. The molecule has 0 bridgehead atoms. The molecule has 0 rings (SSSR count). The van der Waals surface area contributed by atoms with Crippen molar-refractivity contribution >= 4 is 11.8 Å². The van der Waals surface area contributed by atoms with Crippen molar-refractivity contribution in [1.29, 1.82) is 0 Å². The second kappa shape index (κ2) is 6.59. The van der Waals surface area contributed by atoms with Crippen LogP contribution in [0.5, 0.6) is 0 Å². The summed E-state index contributed by atoms with van der Waals surface area (Å²) in [6.07, 6.45) is 0.229. The molecule has 0 aliphatic rings. The van der Waals surface area contributed by atoms with Crippen LogP contribution >= 0.6 is 0 Å². The number of likely N-dealkylation sites (N-methyl/N-ethyl adjacent to an activating group) is 1. The molecule has 0 aromatic carbocycles. The van der Waals surface area contributed by atoms with E-state index in [4.69, 9.17) is 5.73 Å². The fourth-order valence-electron chi connectivity index (χ4n) is 1.20. The number of hydrogen-bond acceptors (Lipinski definition) is 3. The monoisotopic (exact) mass is 243 g/mol. The highest BCUT2D eigenvalue weighted by Gasteiger charge is 2.24. The smallest absolute Gasteiger partial charge is 0.242 e. The van der Waals surface area contributed by atoms with Crippen molar-refractivity contribution in [2.75, 3.05) is 6.54 Å². The van der Waals surface area contributed by atoms with Gasteiger partial charge in [-0.25, -0.2) is 0 Å². The van der Waals surface area contributed by atoms with E-state index in [1.54, 1.807) is 6.92 Å². The summed E-state index contributed by atoms with van der Waals surface area (Å²) in [5.74, 6) is -0.364. The van der Waals surface area contributed by atoms with Gasteiger partial charge < -0.3 is 16.4 Å². The molecule has 17 heavy (non-hydrogen) atoms. The van der Waals surface area contributed by atoms with Crippen LogP contribution in [0.1, 0.15) is 41.0 Å². The van der Waals surface area contributed by atoms with E-state index in [9.17, 15) is 9.59 Å². The van der Waals surface area contributed by atoms with Crippen LogP contribution in [0.25, 0.3) is 0 Å². The molecular weight excluding hydrogens is 218 g/mol. The molecule has 2 amide bonds. The summed E-state index contributed by atoms with van der Waals surface area (Å²) in [4.78, 5) is 23.1. The first kappa shape index (κ1) is 15.9. The first-order valence-corrected chi connectivity index (χ1v) is 6.01. The van der Waals surface area contributed by atoms with E-state index in [1.165, 1.54) is 0 Å². The van der Waals surface area contributed by atoms with Gasteiger partial charge in [-0.1, -0.05) is 20.8 Å². The average molecular weight is 243 g/mol. The summed E-state index contributed by atoms with van der Waals surface area (Å²) >= 11 is 0. The Morgan fingerprint density at radius 3 is 2.24 bits per heavy atom. The first-order chi connectivity index (χ1) is 7.68. The van der Waals surface area contributed by atoms with Crippen molar-refractivity contribution in [3.8, 4) is 0 Å². The van der Waals surface area contributed by atoms with Crippen LogP contribution in [0.3, 0.4) is 0 Å². The van der Waals surface area contributed by atoms with Crippen LogP contribution in [0.2, 0.25) is 0 Å². The maximum Gasteiger partial charge on any atom is 0.242 e. The minimum atomic E-state index is -0.519. The highest BCUT2D eigenvalue weighted by molar-refractivity contribution is 5.87. The molecule has 0 heterocycles. The van der Waals surface area contributed by atoms with Crippen molar-refractivity contribution < 1.29 is 9.59 Å². The molecule has 0 radical (unpaired) electrons. The van der Waals surface area contributed by atoms with Gasteiger partial charge in [-0.15, -0.1) is 0 Å². The van der Waals surface area contributed by atoms with Gasteiger partial charge in [-0.2, -0.15) is 0 Å². The second-order valence-electron chi connectivity index (χ2n) is 5.36. The van der Waals surface area contributed by atoms with Crippen LogP contribution < -0.4 is 16.4 Å². The lowest BCUT2D eigenvalue weighted by atomic mass is 9.85. The molecule has 0 aromatic rings. The Hall–Kier alpha value is -1.10. The van der Waals surface area contributed by atoms with E-state index in [0.717, 1.165) is 0 Å². The topological polar surface area (TPSA) is 84.2 Å². The number of hydrogen-bond donors (Lipinski definition) is 3. The Bertz CT molecular complexity index is 271. The van der Waals surface area contributed by atoms with E-state index in [2.05, 4.69) is 10.6 Å². The lowest BCUT2D eigenvalue weighted by Crippen LogP contribution is -2.47. The molecule has 100 valence electrons. The van der Waals surface area contributed by atoms with Crippen LogP contribution in [0.4, 0.5) is 0 Å². The number of carbonyl (C=O) groups excluding carboxylic acids is 2. The van der Waals surface area contributed by atoms with Gasteiger partial charge in [0.05, 0.1) is 0 Å². The molecule has 5 nitrogen and oxygen atoms in total. The van der Waals surface area contributed by atoms with Crippen molar-refractivity contribution in [3.05, 3.63) is 0 Å². The van der Waals surface area contributed by atoms with Gasteiger partial charge >= 0.3 is 0 Å². The molecule has 4 N–H and O–H groups in total. The number of rotatable bonds is 5. The third-order valence-electron chi connectivity index (χ3n) is 2.64. The van der Waals surface area contributed by atoms with Gasteiger partial charge in [-0.05, 0) is 19.3 Å². The standard InChI is InChI=1S/C12H25N3O2/c1-6-14-11(17)8(2)15-10(16)7-9(13)12(3,4)5/h8-9H,6-7,13H2,1-5H3,(H,14,17)(H,15,16). The number of carbonyl (C=O) groups is 2. The molecule has 0 saturated carbocycles. The van der Waals surface area contributed by atoms with Crippen molar-refractivity contribution in [2.24, 2.45) is 11.1 Å². The summed E-state index contributed by atoms with van der Waals surface area (Å²) in [7, 11) is 0. The highest BCUT2D eigenvalue weighted by atomic mass is 16.2. The Kier molecular flexibility index (Phi) is 6.16. The van der Waals surface area contributed by atoms with Gasteiger partial charge in [0.2, 0.25) is 11.8 Å². The zero-order valence-corrected chi connectivity index (χ0v) is 11.5. The largest absolute Gasteiger partial charge is 0.355 e. The van der Waals surface area contributed by atoms with Gasteiger partial charge in [0.15, 0.2) is 0 Å². The molecule has 0 spiro atoms. The van der Waals surface area contributed by atoms with Crippen LogP contribution in [0.15, 0.2) is 0 Å². The average Bonchev–Trinajstić information content (AvgIpc) is 2.16. The molecule has 5 heteroatoms. The van der Waals surface area contributed by atoms with E-state index in [-0.39, 0.29) is 29.7 Å². The van der Waals surface area contributed by atoms with Crippen molar-refractivity contribution in [2.45, 2.75) is 53.1 Å². The summed E-state index contributed by atoms with van der Waals surface area (Å²) in [5, 5.41) is 5.29.